The Balaban J connectivity index is 2.16. The molecule has 0 saturated heterocycles. The Kier molecular flexibility index (Phi) is 3.84. The highest BCUT2D eigenvalue weighted by atomic mass is 35.5. The summed E-state index contributed by atoms with van der Waals surface area (Å²) in [7, 11) is -4.27. The van der Waals surface area contributed by atoms with Gasteiger partial charge in [0.15, 0.2) is 0 Å². The number of rotatable bonds is 4. The minimum Gasteiger partial charge on any atom is -0.360 e. The zero-order valence-electron chi connectivity index (χ0n) is 10.7. The second-order valence-electron chi connectivity index (χ2n) is 4.95. The van der Waals surface area contributed by atoms with Crippen LogP contribution in [0.3, 0.4) is 0 Å². The van der Waals surface area contributed by atoms with E-state index < -0.39 is 13.8 Å². The first-order valence-corrected chi connectivity index (χ1v) is 8.74. The molecule has 0 spiro atoms. The number of hydrogen-bond donors (Lipinski definition) is 2. The van der Waals surface area contributed by atoms with E-state index in [0.717, 1.165) is 12.8 Å². The molecule has 21 heavy (non-hydrogen) atoms. The van der Waals surface area contributed by atoms with Crippen LogP contribution in [0.25, 0.3) is 11.3 Å². The van der Waals surface area contributed by atoms with Gasteiger partial charge in [0.2, 0.25) is 0 Å². The maximum atomic E-state index is 11.4. The predicted molar refractivity (Wildman–Crippen MR) is 77.5 cm³/mol. The highest BCUT2D eigenvalue weighted by molar-refractivity contribution is 7.50. The SMILES string of the molecule is O=P(O)(O)Cc1c(-c2c(Cl)cncc2Cl)noc1C1CC1. The summed E-state index contributed by atoms with van der Waals surface area (Å²) in [6.45, 7) is 0. The second kappa shape index (κ2) is 5.38. The van der Waals surface area contributed by atoms with Gasteiger partial charge in [0, 0.05) is 29.4 Å². The topological polar surface area (TPSA) is 96.5 Å². The maximum Gasteiger partial charge on any atom is 0.330 e. The van der Waals surface area contributed by atoms with Gasteiger partial charge in [-0.1, -0.05) is 28.4 Å². The van der Waals surface area contributed by atoms with Gasteiger partial charge in [0.05, 0.1) is 16.2 Å². The lowest BCUT2D eigenvalue weighted by Gasteiger charge is -2.08. The summed E-state index contributed by atoms with van der Waals surface area (Å²) in [6, 6.07) is 0. The van der Waals surface area contributed by atoms with Crippen LogP contribution in [0.2, 0.25) is 10.0 Å². The fraction of sp³-hybridized carbons (Fsp3) is 0.333. The molecule has 1 aliphatic rings. The van der Waals surface area contributed by atoms with Crippen molar-refractivity contribution in [2.45, 2.75) is 24.9 Å². The van der Waals surface area contributed by atoms with Crippen LogP contribution in [0.4, 0.5) is 0 Å². The number of pyridine rings is 1. The molecule has 112 valence electrons. The second-order valence-corrected chi connectivity index (χ2v) is 7.41. The van der Waals surface area contributed by atoms with Crippen molar-refractivity contribution in [2.75, 3.05) is 0 Å². The summed E-state index contributed by atoms with van der Waals surface area (Å²) in [4.78, 5) is 22.4. The van der Waals surface area contributed by atoms with Crippen LogP contribution in [0.1, 0.15) is 30.1 Å². The van der Waals surface area contributed by atoms with Gasteiger partial charge in [-0.15, -0.1) is 0 Å². The van der Waals surface area contributed by atoms with E-state index in [-0.39, 0.29) is 21.7 Å². The fourth-order valence-electron chi connectivity index (χ4n) is 2.18. The largest absolute Gasteiger partial charge is 0.360 e. The quantitative estimate of drug-likeness (QED) is 0.819. The van der Waals surface area contributed by atoms with Gasteiger partial charge in [-0.2, -0.15) is 0 Å². The monoisotopic (exact) mass is 348 g/mol. The van der Waals surface area contributed by atoms with Crippen LogP contribution in [0.5, 0.6) is 0 Å². The molecule has 1 saturated carbocycles. The first-order valence-electron chi connectivity index (χ1n) is 6.19. The Morgan fingerprint density at radius 3 is 2.43 bits per heavy atom. The molecule has 6 nitrogen and oxygen atoms in total. The molecule has 0 aliphatic heterocycles. The van der Waals surface area contributed by atoms with E-state index in [1.54, 1.807) is 0 Å². The fourth-order valence-corrected chi connectivity index (χ4v) is 3.44. The summed E-state index contributed by atoms with van der Waals surface area (Å²) >= 11 is 12.2. The van der Waals surface area contributed by atoms with Gasteiger partial charge in [-0.25, -0.2) is 0 Å². The normalized spacial score (nSPS) is 15.4. The van der Waals surface area contributed by atoms with Gasteiger partial charge in [0.1, 0.15) is 11.5 Å². The molecule has 1 aliphatic carbocycles. The Hall–Kier alpha value is -0.910. The van der Waals surface area contributed by atoms with Crippen LogP contribution < -0.4 is 0 Å². The summed E-state index contributed by atoms with van der Waals surface area (Å²) in [5.74, 6) is 0.671. The number of halogens is 2. The van der Waals surface area contributed by atoms with Gasteiger partial charge >= 0.3 is 7.60 Å². The van der Waals surface area contributed by atoms with E-state index in [4.69, 9.17) is 27.7 Å². The number of hydrogen-bond acceptors (Lipinski definition) is 4. The van der Waals surface area contributed by atoms with Crippen molar-refractivity contribution < 1.29 is 18.9 Å². The van der Waals surface area contributed by atoms with Crippen molar-refractivity contribution in [1.29, 1.82) is 0 Å². The first-order chi connectivity index (χ1) is 9.87. The highest BCUT2D eigenvalue weighted by Crippen LogP contribution is 2.50. The third-order valence-corrected chi connectivity index (χ3v) is 4.52. The molecular formula is C12H11Cl2N2O4P. The third-order valence-electron chi connectivity index (χ3n) is 3.22. The average Bonchev–Trinajstić information content (AvgIpc) is 3.12. The minimum atomic E-state index is -4.27. The van der Waals surface area contributed by atoms with E-state index in [2.05, 4.69) is 10.1 Å². The van der Waals surface area contributed by atoms with Crippen LogP contribution in [0, 0.1) is 0 Å². The molecular weight excluding hydrogens is 338 g/mol. The van der Waals surface area contributed by atoms with Crippen molar-refractivity contribution in [3.05, 3.63) is 33.8 Å². The molecule has 2 N–H and O–H groups in total. The van der Waals surface area contributed by atoms with Crippen LogP contribution in [-0.4, -0.2) is 19.9 Å². The van der Waals surface area contributed by atoms with E-state index in [1.807, 2.05) is 0 Å². The van der Waals surface area contributed by atoms with E-state index in [9.17, 15) is 14.4 Å². The standard InChI is InChI=1S/C12H11Cl2N2O4P/c13-8-3-15-4-9(14)10(8)11-7(5-21(17,18)19)12(20-16-11)6-1-2-6/h3-4,6H,1-2,5H2,(H2,17,18,19). The van der Waals surface area contributed by atoms with Crippen LogP contribution in [0.15, 0.2) is 16.9 Å². The lowest BCUT2D eigenvalue weighted by Crippen LogP contribution is -1.94. The van der Waals surface area contributed by atoms with Gasteiger partial charge < -0.3 is 14.3 Å². The van der Waals surface area contributed by atoms with Crippen molar-refractivity contribution in [3.63, 3.8) is 0 Å². The Bertz CT molecular complexity index is 719. The summed E-state index contributed by atoms with van der Waals surface area (Å²) in [5.41, 5.74) is 1.03. The Morgan fingerprint density at radius 1 is 1.29 bits per heavy atom. The van der Waals surface area contributed by atoms with Gasteiger partial charge in [-0.05, 0) is 12.8 Å². The van der Waals surface area contributed by atoms with Crippen LogP contribution >= 0.6 is 30.8 Å². The molecule has 2 aromatic heterocycles. The van der Waals surface area contributed by atoms with Crippen molar-refractivity contribution in [3.8, 4) is 11.3 Å². The zero-order chi connectivity index (χ0) is 15.2. The van der Waals surface area contributed by atoms with Gasteiger partial charge in [-0.3, -0.25) is 9.55 Å². The predicted octanol–water partition coefficient (Wildman–Crippen LogP) is 3.60. The molecule has 0 radical (unpaired) electrons. The Labute approximate surface area is 130 Å². The molecule has 2 heterocycles. The summed E-state index contributed by atoms with van der Waals surface area (Å²) < 4.78 is 16.7. The number of nitrogens with zero attached hydrogens (tertiary/aromatic N) is 2. The van der Waals surface area contributed by atoms with Crippen LogP contribution in [-0.2, 0) is 10.7 Å². The molecule has 1 fully saturated rings. The van der Waals surface area contributed by atoms with E-state index in [0.29, 0.717) is 16.9 Å². The lowest BCUT2D eigenvalue weighted by atomic mass is 10.1. The summed E-state index contributed by atoms with van der Waals surface area (Å²) in [6.07, 6.45) is 4.18. The molecule has 0 aromatic carbocycles. The highest BCUT2D eigenvalue weighted by Gasteiger charge is 2.35. The Morgan fingerprint density at radius 2 is 1.90 bits per heavy atom. The minimum absolute atomic E-state index is 0.159. The molecule has 3 rings (SSSR count). The lowest BCUT2D eigenvalue weighted by molar-refractivity contribution is 0.368. The molecule has 0 atom stereocenters. The summed E-state index contributed by atoms with van der Waals surface area (Å²) in [5, 5.41) is 4.45. The maximum absolute atomic E-state index is 11.4. The van der Waals surface area contributed by atoms with Gasteiger partial charge in [0.25, 0.3) is 0 Å². The molecule has 0 bridgehead atoms. The molecule has 0 unspecified atom stereocenters. The van der Waals surface area contributed by atoms with E-state index >= 15 is 0 Å². The zero-order valence-corrected chi connectivity index (χ0v) is 13.1. The third kappa shape index (κ3) is 3.15. The smallest absolute Gasteiger partial charge is 0.330 e. The van der Waals surface area contributed by atoms with Crippen molar-refractivity contribution in [1.82, 2.24) is 10.1 Å². The average molecular weight is 349 g/mol. The van der Waals surface area contributed by atoms with Crippen molar-refractivity contribution >= 4 is 30.8 Å². The molecule has 0 amide bonds. The van der Waals surface area contributed by atoms with Crippen molar-refractivity contribution in [2.24, 2.45) is 0 Å². The molecule has 9 heteroatoms. The first kappa shape index (κ1) is 15.0. The van der Waals surface area contributed by atoms with E-state index in [1.165, 1.54) is 12.4 Å². The molecule has 2 aromatic rings. The number of aromatic nitrogens is 2.